The maximum atomic E-state index is 12.7. The number of halogens is 1. The Kier molecular flexibility index (Phi) is 3.90. The molecule has 0 unspecified atom stereocenters. The van der Waals surface area contributed by atoms with Gasteiger partial charge in [-0.25, -0.2) is 12.7 Å². The normalized spacial score (nSPS) is 11.8. The van der Waals surface area contributed by atoms with Crippen molar-refractivity contribution in [1.29, 1.82) is 0 Å². The molecule has 0 spiro atoms. The van der Waals surface area contributed by atoms with Gasteiger partial charge in [-0.05, 0) is 53.8 Å². The van der Waals surface area contributed by atoms with E-state index < -0.39 is 10.0 Å². The van der Waals surface area contributed by atoms with E-state index in [0.717, 1.165) is 14.5 Å². The third kappa shape index (κ3) is 2.50. The van der Waals surface area contributed by atoms with Gasteiger partial charge in [-0.2, -0.15) is 0 Å². The Morgan fingerprint density at radius 2 is 1.68 bits per heavy atom. The molecule has 0 N–H and O–H groups in total. The van der Waals surface area contributed by atoms with Crippen molar-refractivity contribution in [3.8, 4) is 0 Å². The van der Waals surface area contributed by atoms with Gasteiger partial charge in [0, 0.05) is 12.4 Å². The first kappa shape index (κ1) is 15.4. The van der Waals surface area contributed by atoms with Crippen molar-refractivity contribution >= 4 is 49.5 Å². The predicted octanol–water partition coefficient (Wildman–Crippen LogP) is 4.17. The molecule has 1 aromatic heterocycles. The molecule has 3 aromatic rings. The summed E-state index contributed by atoms with van der Waals surface area (Å²) >= 11 is 2.11. The van der Waals surface area contributed by atoms with Crippen LogP contribution in [0.2, 0.25) is 0 Å². The second-order valence-electron chi connectivity index (χ2n) is 5.00. The van der Waals surface area contributed by atoms with E-state index in [1.165, 1.54) is 11.4 Å². The Labute approximate surface area is 142 Å². The average molecular weight is 427 g/mol. The molecule has 2 aromatic carbocycles. The standard InChI is InChI=1S/C16H14INO3S/c1-11-7-9-12(10-8-11)22(19,20)18(2)16-15(17)13-5-3-4-6-14(13)21-16/h3-10H,1-2H3. The fraction of sp³-hybridized carbons (Fsp3) is 0.125. The van der Waals surface area contributed by atoms with Crippen LogP contribution in [-0.4, -0.2) is 15.5 Å². The number of aryl methyl sites for hydroxylation is 1. The van der Waals surface area contributed by atoms with E-state index in [1.807, 2.05) is 31.2 Å². The SMILES string of the molecule is Cc1ccc(S(=O)(=O)N(C)c2oc3ccccc3c2I)cc1. The number of benzene rings is 2. The van der Waals surface area contributed by atoms with E-state index in [-0.39, 0.29) is 4.90 Å². The van der Waals surface area contributed by atoms with Crippen molar-refractivity contribution in [1.82, 2.24) is 0 Å². The summed E-state index contributed by atoms with van der Waals surface area (Å²) in [5.41, 5.74) is 1.69. The van der Waals surface area contributed by atoms with E-state index in [1.54, 1.807) is 24.3 Å². The van der Waals surface area contributed by atoms with E-state index in [0.29, 0.717) is 11.5 Å². The number of furan rings is 1. The number of anilines is 1. The van der Waals surface area contributed by atoms with Gasteiger partial charge < -0.3 is 4.42 Å². The van der Waals surface area contributed by atoms with Crippen molar-refractivity contribution in [3.05, 3.63) is 57.7 Å². The first-order valence-corrected chi connectivity index (χ1v) is 9.16. The van der Waals surface area contributed by atoms with Crippen LogP contribution in [-0.2, 0) is 10.0 Å². The summed E-state index contributed by atoms with van der Waals surface area (Å²) in [7, 11) is -2.14. The molecule has 0 aliphatic heterocycles. The highest BCUT2D eigenvalue weighted by Crippen LogP contribution is 2.35. The molecule has 0 amide bonds. The van der Waals surface area contributed by atoms with E-state index >= 15 is 0 Å². The number of nitrogens with zero attached hydrogens (tertiary/aromatic N) is 1. The number of sulfonamides is 1. The first-order valence-electron chi connectivity index (χ1n) is 6.64. The summed E-state index contributed by atoms with van der Waals surface area (Å²) < 4.78 is 33.2. The van der Waals surface area contributed by atoms with Gasteiger partial charge in [0.2, 0.25) is 5.88 Å². The van der Waals surface area contributed by atoms with Crippen molar-refractivity contribution in [2.45, 2.75) is 11.8 Å². The second-order valence-corrected chi connectivity index (χ2v) is 8.05. The molecule has 3 rings (SSSR count). The molecular formula is C16H14INO3S. The smallest absolute Gasteiger partial charge is 0.266 e. The van der Waals surface area contributed by atoms with Crippen molar-refractivity contribution in [2.75, 3.05) is 11.4 Å². The highest BCUT2D eigenvalue weighted by Gasteiger charge is 2.26. The highest BCUT2D eigenvalue weighted by molar-refractivity contribution is 14.1. The maximum absolute atomic E-state index is 12.7. The molecule has 0 fully saturated rings. The molecule has 0 aliphatic rings. The van der Waals surface area contributed by atoms with Crippen LogP contribution in [0.4, 0.5) is 5.88 Å². The monoisotopic (exact) mass is 427 g/mol. The van der Waals surface area contributed by atoms with Gasteiger partial charge in [0.1, 0.15) is 5.58 Å². The lowest BCUT2D eigenvalue weighted by Gasteiger charge is -2.17. The molecule has 0 radical (unpaired) electrons. The summed E-state index contributed by atoms with van der Waals surface area (Å²) in [6, 6.07) is 14.3. The van der Waals surface area contributed by atoms with E-state index in [9.17, 15) is 8.42 Å². The molecule has 0 saturated heterocycles. The average Bonchev–Trinajstić information content (AvgIpc) is 2.84. The topological polar surface area (TPSA) is 50.5 Å². The Bertz CT molecular complexity index is 930. The third-order valence-corrected chi connectivity index (χ3v) is 6.28. The van der Waals surface area contributed by atoms with Crippen LogP contribution in [0.1, 0.15) is 5.56 Å². The minimum Gasteiger partial charge on any atom is -0.438 e. The zero-order chi connectivity index (χ0) is 15.9. The summed E-state index contributed by atoms with van der Waals surface area (Å²) in [4.78, 5) is 0.247. The summed E-state index contributed by atoms with van der Waals surface area (Å²) in [6.45, 7) is 1.92. The quantitative estimate of drug-likeness (QED) is 0.590. The largest absolute Gasteiger partial charge is 0.438 e. The number of rotatable bonds is 3. The Balaban J connectivity index is 2.10. The Hall–Kier alpha value is -1.54. The zero-order valence-corrected chi connectivity index (χ0v) is 15.1. The lowest BCUT2D eigenvalue weighted by Crippen LogP contribution is -2.26. The molecule has 0 saturated carbocycles. The molecular weight excluding hydrogens is 413 g/mol. The number of para-hydroxylation sites is 1. The van der Waals surface area contributed by atoms with Crippen molar-refractivity contribution in [3.63, 3.8) is 0 Å². The maximum Gasteiger partial charge on any atom is 0.266 e. The van der Waals surface area contributed by atoms with E-state index in [4.69, 9.17) is 4.42 Å². The Morgan fingerprint density at radius 1 is 1.05 bits per heavy atom. The lowest BCUT2D eigenvalue weighted by atomic mass is 10.2. The van der Waals surface area contributed by atoms with Crippen LogP contribution >= 0.6 is 22.6 Å². The van der Waals surface area contributed by atoms with Gasteiger partial charge in [0.15, 0.2) is 0 Å². The number of hydrogen-bond donors (Lipinski definition) is 0. The molecule has 22 heavy (non-hydrogen) atoms. The first-order chi connectivity index (χ1) is 10.4. The molecule has 4 nitrogen and oxygen atoms in total. The van der Waals surface area contributed by atoms with Gasteiger partial charge in [0.25, 0.3) is 10.0 Å². The molecule has 0 atom stereocenters. The molecule has 0 bridgehead atoms. The Morgan fingerprint density at radius 3 is 2.32 bits per heavy atom. The van der Waals surface area contributed by atoms with Crippen LogP contribution in [0.15, 0.2) is 57.8 Å². The number of fused-ring (bicyclic) bond motifs is 1. The molecule has 114 valence electrons. The highest BCUT2D eigenvalue weighted by atomic mass is 127. The lowest BCUT2D eigenvalue weighted by molar-refractivity contribution is 0.578. The summed E-state index contributed by atoms with van der Waals surface area (Å²) in [6.07, 6.45) is 0. The third-order valence-electron chi connectivity index (χ3n) is 3.48. The fourth-order valence-corrected chi connectivity index (χ4v) is 4.41. The predicted molar refractivity (Wildman–Crippen MR) is 95.7 cm³/mol. The van der Waals surface area contributed by atoms with Gasteiger partial charge >= 0.3 is 0 Å². The number of hydrogen-bond acceptors (Lipinski definition) is 3. The van der Waals surface area contributed by atoms with Gasteiger partial charge in [-0.1, -0.05) is 29.8 Å². The summed E-state index contributed by atoms with van der Waals surface area (Å²) in [5, 5.41) is 0.907. The van der Waals surface area contributed by atoms with Crippen molar-refractivity contribution in [2.24, 2.45) is 0 Å². The van der Waals surface area contributed by atoms with Gasteiger partial charge in [-0.3, -0.25) is 0 Å². The summed E-state index contributed by atoms with van der Waals surface area (Å²) in [5.74, 6) is 0.336. The zero-order valence-electron chi connectivity index (χ0n) is 12.1. The van der Waals surface area contributed by atoms with Crippen LogP contribution < -0.4 is 4.31 Å². The van der Waals surface area contributed by atoms with Crippen LogP contribution in [0.5, 0.6) is 0 Å². The molecule has 0 aliphatic carbocycles. The molecule has 1 heterocycles. The van der Waals surface area contributed by atoms with E-state index in [2.05, 4.69) is 22.6 Å². The van der Waals surface area contributed by atoms with Crippen LogP contribution in [0.25, 0.3) is 11.0 Å². The van der Waals surface area contributed by atoms with Crippen LogP contribution in [0.3, 0.4) is 0 Å². The van der Waals surface area contributed by atoms with Gasteiger partial charge in [0.05, 0.1) is 8.47 Å². The van der Waals surface area contributed by atoms with Crippen molar-refractivity contribution < 1.29 is 12.8 Å². The van der Waals surface area contributed by atoms with Gasteiger partial charge in [-0.15, -0.1) is 0 Å². The minimum atomic E-state index is -3.64. The molecule has 6 heteroatoms. The second kappa shape index (κ2) is 5.58. The van der Waals surface area contributed by atoms with Crippen LogP contribution in [0, 0.1) is 10.5 Å². The minimum absolute atomic E-state index is 0.247. The fourth-order valence-electron chi connectivity index (χ4n) is 2.18.